The first-order valence-corrected chi connectivity index (χ1v) is 9.47. The second-order valence-electron chi connectivity index (χ2n) is 6.84. The second-order valence-corrected chi connectivity index (χ2v) is 6.84. The number of carbonyl (C=O) groups excluding carboxylic acids is 3. The van der Waals surface area contributed by atoms with Crippen LogP contribution in [-0.4, -0.2) is 30.8 Å². The van der Waals surface area contributed by atoms with Gasteiger partial charge in [-0.05, 0) is 30.7 Å². The number of anilines is 2. The summed E-state index contributed by atoms with van der Waals surface area (Å²) in [5.41, 5.74) is 1.43. The smallest absolute Gasteiger partial charge is 0.227 e. The summed E-state index contributed by atoms with van der Waals surface area (Å²) in [5, 5.41) is 5.66. The lowest BCUT2D eigenvalue weighted by atomic mass is 10.1. The quantitative estimate of drug-likeness (QED) is 0.665. The van der Waals surface area contributed by atoms with Crippen LogP contribution in [0.4, 0.5) is 11.4 Å². The predicted octanol–water partition coefficient (Wildman–Crippen LogP) is 3.08. The Morgan fingerprint density at radius 2 is 1.81 bits per heavy atom. The molecule has 0 saturated carbocycles. The molecule has 2 rings (SSSR count). The number of nitrogens with zero attached hydrogens (tertiary/aromatic N) is 1. The largest absolute Gasteiger partial charge is 0.356 e. The minimum atomic E-state index is -0.298. The molecule has 1 aliphatic rings. The Balaban J connectivity index is 1.81. The highest BCUT2D eigenvalue weighted by Crippen LogP contribution is 2.26. The Kier molecular flexibility index (Phi) is 7.63. The molecule has 6 heteroatoms. The van der Waals surface area contributed by atoms with Gasteiger partial charge in [0, 0.05) is 37.8 Å². The zero-order chi connectivity index (χ0) is 18.9. The molecule has 1 aromatic rings. The van der Waals surface area contributed by atoms with E-state index in [1.54, 1.807) is 29.2 Å². The zero-order valence-corrected chi connectivity index (χ0v) is 15.7. The summed E-state index contributed by atoms with van der Waals surface area (Å²) < 4.78 is 0. The van der Waals surface area contributed by atoms with E-state index in [9.17, 15) is 14.4 Å². The van der Waals surface area contributed by atoms with Gasteiger partial charge >= 0.3 is 0 Å². The van der Waals surface area contributed by atoms with Gasteiger partial charge in [0.1, 0.15) is 0 Å². The van der Waals surface area contributed by atoms with Crippen molar-refractivity contribution in [2.45, 2.75) is 52.4 Å². The van der Waals surface area contributed by atoms with E-state index in [0.717, 1.165) is 18.5 Å². The Hall–Kier alpha value is -2.37. The summed E-state index contributed by atoms with van der Waals surface area (Å²) in [6.07, 6.45) is 6.01. The number of unbranched alkanes of at least 4 members (excludes halogenated alkanes) is 4. The van der Waals surface area contributed by atoms with E-state index < -0.39 is 0 Å². The van der Waals surface area contributed by atoms with Gasteiger partial charge in [-0.15, -0.1) is 0 Å². The summed E-state index contributed by atoms with van der Waals surface area (Å²) in [6.45, 7) is 4.71. The average molecular weight is 359 g/mol. The minimum Gasteiger partial charge on any atom is -0.356 e. The van der Waals surface area contributed by atoms with E-state index in [1.807, 2.05) is 0 Å². The van der Waals surface area contributed by atoms with E-state index >= 15 is 0 Å². The number of benzene rings is 1. The highest BCUT2D eigenvalue weighted by molar-refractivity contribution is 6.00. The third-order valence-electron chi connectivity index (χ3n) is 4.57. The fraction of sp³-hybridized carbons (Fsp3) is 0.550. The maximum atomic E-state index is 12.3. The number of carbonyl (C=O) groups is 3. The molecule has 2 N–H and O–H groups in total. The normalized spacial score (nSPS) is 16.6. The van der Waals surface area contributed by atoms with Gasteiger partial charge < -0.3 is 15.5 Å². The summed E-state index contributed by atoms with van der Waals surface area (Å²) >= 11 is 0. The molecule has 0 bridgehead atoms. The summed E-state index contributed by atoms with van der Waals surface area (Å²) in [7, 11) is 0. The molecule has 3 amide bonds. The number of rotatable bonds is 9. The summed E-state index contributed by atoms with van der Waals surface area (Å²) in [5.74, 6) is -0.513. The van der Waals surface area contributed by atoms with Crippen LogP contribution in [0.2, 0.25) is 0 Å². The van der Waals surface area contributed by atoms with Crippen LogP contribution in [0.25, 0.3) is 0 Å². The van der Waals surface area contributed by atoms with Gasteiger partial charge in [0.25, 0.3) is 0 Å². The maximum absolute atomic E-state index is 12.3. The fourth-order valence-electron chi connectivity index (χ4n) is 3.15. The van der Waals surface area contributed by atoms with Crippen molar-refractivity contribution in [3.05, 3.63) is 24.3 Å². The van der Waals surface area contributed by atoms with Crippen LogP contribution in [0.15, 0.2) is 24.3 Å². The van der Waals surface area contributed by atoms with Crippen LogP contribution in [0.5, 0.6) is 0 Å². The second kappa shape index (κ2) is 9.94. The first kappa shape index (κ1) is 19.9. The average Bonchev–Trinajstić information content (AvgIpc) is 3.00. The highest BCUT2D eigenvalue weighted by Gasteiger charge is 2.34. The molecule has 1 atom stereocenters. The van der Waals surface area contributed by atoms with Crippen LogP contribution in [-0.2, 0) is 14.4 Å². The standard InChI is InChI=1S/C20H29N3O3/c1-3-4-5-6-7-12-21-20(26)16-13-19(25)23(14-16)18-10-8-17(9-11-18)22-15(2)24/h8-11,16H,3-7,12-14H2,1-2H3,(H,21,26)(H,22,24). The van der Waals surface area contributed by atoms with Crippen LogP contribution < -0.4 is 15.5 Å². The lowest BCUT2D eigenvalue weighted by molar-refractivity contribution is -0.126. The molecule has 1 aromatic carbocycles. The Bertz CT molecular complexity index is 628. The highest BCUT2D eigenvalue weighted by atomic mass is 16.2. The first-order valence-electron chi connectivity index (χ1n) is 9.47. The topological polar surface area (TPSA) is 78.5 Å². The first-order chi connectivity index (χ1) is 12.5. The molecule has 1 fully saturated rings. The van der Waals surface area contributed by atoms with Crippen molar-refractivity contribution in [1.82, 2.24) is 5.32 Å². The third-order valence-corrected chi connectivity index (χ3v) is 4.57. The third kappa shape index (κ3) is 5.86. The van der Waals surface area contributed by atoms with Crippen LogP contribution in [0.3, 0.4) is 0 Å². The fourth-order valence-corrected chi connectivity index (χ4v) is 3.15. The molecular weight excluding hydrogens is 330 g/mol. The Morgan fingerprint density at radius 3 is 2.46 bits per heavy atom. The van der Waals surface area contributed by atoms with Crippen molar-refractivity contribution < 1.29 is 14.4 Å². The summed E-state index contributed by atoms with van der Waals surface area (Å²) in [6, 6.07) is 7.09. The van der Waals surface area contributed by atoms with Crippen molar-refractivity contribution in [2.75, 3.05) is 23.3 Å². The molecule has 1 unspecified atom stereocenters. The molecular formula is C20H29N3O3. The van der Waals surface area contributed by atoms with Crippen molar-refractivity contribution in [2.24, 2.45) is 5.92 Å². The predicted molar refractivity (Wildman–Crippen MR) is 103 cm³/mol. The Morgan fingerprint density at radius 1 is 1.12 bits per heavy atom. The lowest BCUT2D eigenvalue weighted by Crippen LogP contribution is -2.33. The van der Waals surface area contributed by atoms with Crippen molar-refractivity contribution in [1.29, 1.82) is 0 Å². The van der Waals surface area contributed by atoms with Gasteiger partial charge in [0.15, 0.2) is 0 Å². The zero-order valence-electron chi connectivity index (χ0n) is 15.7. The van der Waals surface area contributed by atoms with E-state index in [-0.39, 0.29) is 30.1 Å². The molecule has 0 aromatic heterocycles. The van der Waals surface area contributed by atoms with Gasteiger partial charge in [-0.3, -0.25) is 14.4 Å². The van der Waals surface area contributed by atoms with E-state index in [0.29, 0.717) is 18.8 Å². The van der Waals surface area contributed by atoms with Gasteiger partial charge in [0.05, 0.1) is 5.92 Å². The molecule has 6 nitrogen and oxygen atoms in total. The minimum absolute atomic E-state index is 0.0359. The molecule has 0 radical (unpaired) electrons. The number of hydrogen-bond donors (Lipinski definition) is 2. The Labute approximate surface area is 155 Å². The molecule has 0 aliphatic carbocycles. The van der Waals surface area contributed by atoms with Crippen molar-refractivity contribution in [3.63, 3.8) is 0 Å². The maximum Gasteiger partial charge on any atom is 0.227 e. The number of hydrogen-bond acceptors (Lipinski definition) is 3. The van der Waals surface area contributed by atoms with Crippen molar-refractivity contribution >= 4 is 29.1 Å². The van der Waals surface area contributed by atoms with Crippen LogP contribution in [0.1, 0.15) is 52.4 Å². The van der Waals surface area contributed by atoms with E-state index in [2.05, 4.69) is 17.6 Å². The summed E-state index contributed by atoms with van der Waals surface area (Å²) in [4.78, 5) is 37.3. The molecule has 142 valence electrons. The van der Waals surface area contributed by atoms with Gasteiger partial charge in [0.2, 0.25) is 17.7 Å². The molecule has 26 heavy (non-hydrogen) atoms. The monoisotopic (exact) mass is 359 g/mol. The van der Waals surface area contributed by atoms with Gasteiger partial charge in [-0.2, -0.15) is 0 Å². The van der Waals surface area contributed by atoms with Gasteiger partial charge in [-0.25, -0.2) is 0 Å². The SMILES string of the molecule is CCCCCCCNC(=O)C1CC(=O)N(c2ccc(NC(C)=O)cc2)C1. The lowest BCUT2D eigenvalue weighted by Gasteiger charge is -2.17. The van der Waals surface area contributed by atoms with E-state index in [4.69, 9.17) is 0 Å². The molecule has 1 saturated heterocycles. The van der Waals surface area contributed by atoms with E-state index in [1.165, 1.54) is 26.2 Å². The van der Waals surface area contributed by atoms with Crippen LogP contribution >= 0.6 is 0 Å². The van der Waals surface area contributed by atoms with Crippen molar-refractivity contribution in [3.8, 4) is 0 Å². The number of amides is 3. The molecule has 1 aliphatic heterocycles. The number of nitrogens with one attached hydrogen (secondary N) is 2. The molecule has 1 heterocycles. The molecule has 0 spiro atoms. The van der Waals surface area contributed by atoms with Gasteiger partial charge in [-0.1, -0.05) is 32.6 Å². The van der Waals surface area contributed by atoms with Crippen LogP contribution in [0, 0.1) is 5.92 Å².